The Bertz CT molecular complexity index is 467. The summed E-state index contributed by atoms with van der Waals surface area (Å²) in [6.07, 6.45) is 5.70. The Balaban J connectivity index is 2.06. The smallest absolute Gasteiger partial charge is 0.310 e. The van der Waals surface area contributed by atoms with E-state index in [0.29, 0.717) is 18.1 Å². The van der Waals surface area contributed by atoms with Gasteiger partial charge in [-0.3, -0.25) is 14.7 Å². The molecule has 0 radical (unpaired) electrons. The molecule has 2 heterocycles. The molecule has 2 rings (SSSR count). The van der Waals surface area contributed by atoms with Gasteiger partial charge < -0.3 is 5.11 Å². The molecule has 1 saturated heterocycles. The van der Waals surface area contributed by atoms with Gasteiger partial charge in [-0.25, -0.2) is 0 Å². The first-order valence-electron chi connectivity index (χ1n) is 6.61. The van der Waals surface area contributed by atoms with Crippen molar-refractivity contribution in [3.05, 3.63) is 29.0 Å². The van der Waals surface area contributed by atoms with Gasteiger partial charge >= 0.3 is 5.97 Å². The van der Waals surface area contributed by atoms with Crippen molar-refractivity contribution in [1.29, 1.82) is 0 Å². The second kappa shape index (κ2) is 5.88. The van der Waals surface area contributed by atoms with Crippen LogP contribution < -0.4 is 0 Å². The maximum Gasteiger partial charge on any atom is 0.310 e. The fourth-order valence-corrected chi connectivity index (χ4v) is 3.01. The van der Waals surface area contributed by atoms with Crippen molar-refractivity contribution in [2.24, 2.45) is 5.41 Å². The van der Waals surface area contributed by atoms with E-state index in [4.69, 9.17) is 11.6 Å². The summed E-state index contributed by atoms with van der Waals surface area (Å²) in [4.78, 5) is 17.6. The summed E-state index contributed by atoms with van der Waals surface area (Å²) in [7, 11) is 0. The van der Waals surface area contributed by atoms with Crippen LogP contribution >= 0.6 is 11.6 Å². The topological polar surface area (TPSA) is 53.4 Å². The molecule has 1 unspecified atom stereocenters. The lowest BCUT2D eigenvalue weighted by Gasteiger charge is -2.24. The zero-order valence-electron chi connectivity index (χ0n) is 11.1. The molecule has 0 bridgehead atoms. The zero-order valence-corrected chi connectivity index (χ0v) is 11.9. The highest BCUT2D eigenvalue weighted by Gasteiger charge is 2.43. The minimum absolute atomic E-state index is 0.575. The number of likely N-dealkylation sites (tertiary alicyclic amines) is 1. The zero-order chi connectivity index (χ0) is 13.9. The second-order valence-electron chi connectivity index (χ2n) is 5.26. The van der Waals surface area contributed by atoms with Gasteiger partial charge in [0.05, 0.1) is 10.4 Å². The normalized spacial score (nSPS) is 23.7. The summed E-state index contributed by atoms with van der Waals surface area (Å²) in [5.74, 6) is -0.669. The molecule has 1 aliphatic heterocycles. The van der Waals surface area contributed by atoms with E-state index >= 15 is 0 Å². The summed E-state index contributed by atoms with van der Waals surface area (Å²) < 4.78 is 0. The van der Waals surface area contributed by atoms with Gasteiger partial charge in [0.15, 0.2) is 0 Å². The molecular formula is C14H19ClN2O2. The first kappa shape index (κ1) is 14.3. The number of nitrogens with zero attached hydrogens (tertiary/aromatic N) is 2. The van der Waals surface area contributed by atoms with Gasteiger partial charge in [-0.1, -0.05) is 24.9 Å². The van der Waals surface area contributed by atoms with E-state index in [9.17, 15) is 9.90 Å². The van der Waals surface area contributed by atoms with Crippen LogP contribution in [0.15, 0.2) is 18.5 Å². The molecule has 0 amide bonds. The molecule has 1 N–H and O–H groups in total. The number of aliphatic carboxylic acids is 1. The molecule has 0 aromatic carbocycles. The third kappa shape index (κ3) is 3.07. The molecule has 1 aliphatic rings. The van der Waals surface area contributed by atoms with Gasteiger partial charge in [0.25, 0.3) is 0 Å². The van der Waals surface area contributed by atoms with Crippen LogP contribution in [0, 0.1) is 5.41 Å². The maximum atomic E-state index is 11.5. The predicted molar refractivity (Wildman–Crippen MR) is 74.1 cm³/mol. The molecule has 1 aromatic heterocycles. The van der Waals surface area contributed by atoms with Crippen molar-refractivity contribution in [3.63, 3.8) is 0 Å². The quantitative estimate of drug-likeness (QED) is 0.902. The number of aromatic nitrogens is 1. The fourth-order valence-electron chi connectivity index (χ4n) is 2.83. The van der Waals surface area contributed by atoms with Gasteiger partial charge in [0.2, 0.25) is 0 Å². The van der Waals surface area contributed by atoms with Crippen LogP contribution in [0.3, 0.4) is 0 Å². The monoisotopic (exact) mass is 282 g/mol. The lowest BCUT2D eigenvalue weighted by Crippen LogP contribution is -2.34. The second-order valence-corrected chi connectivity index (χ2v) is 5.67. The lowest BCUT2D eigenvalue weighted by molar-refractivity contribution is -0.148. The van der Waals surface area contributed by atoms with Crippen molar-refractivity contribution in [1.82, 2.24) is 9.88 Å². The lowest BCUT2D eigenvalue weighted by atomic mass is 9.83. The molecule has 0 spiro atoms. The number of pyridine rings is 1. The summed E-state index contributed by atoms with van der Waals surface area (Å²) in [6, 6.07) is 1.89. The Hall–Kier alpha value is -1.13. The minimum atomic E-state index is -0.669. The Morgan fingerprint density at radius 2 is 2.42 bits per heavy atom. The first-order valence-corrected chi connectivity index (χ1v) is 6.99. The molecule has 0 saturated carbocycles. The van der Waals surface area contributed by atoms with E-state index < -0.39 is 11.4 Å². The van der Waals surface area contributed by atoms with Crippen LogP contribution in [-0.2, 0) is 11.3 Å². The largest absolute Gasteiger partial charge is 0.481 e. The summed E-state index contributed by atoms with van der Waals surface area (Å²) in [5.41, 5.74) is 0.434. The number of carboxylic acid groups (broad SMARTS) is 1. The van der Waals surface area contributed by atoms with Crippen LogP contribution in [0.2, 0.25) is 5.02 Å². The molecule has 4 nitrogen and oxygen atoms in total. The number of halogens is 1. The van der Waals surface area contributed by atoms with Crippen LogP contribution in [0.5, 0.6) is 0 Å². The third-order valence-electron chi connectivity index (χ3n) is 3.87. The highest BCUT2D eigenvalue weighted by Crippen LogP contribution is 2.36. The van der Waals surface area contributed by atoms with E-state index in [1.54, 1.807) is 12.4 Å². The molecule has 1 aromatic rings. The summed E-state index contributed by atoms with van der Waals surface area (Å²) >= 11 is 6.09. The van der Waals surface area contributed by atoms with Crippen LogP contribution in [0.4, 0.5) is 0 Å². The Morgan fingerprint density at radius 1 is 1.63 bits per heavy atom. The number of hydrogen-bond donors (Lipinski definition) is 1. The highest BCUT2D eigenvalue weighted by atomic mass is 35.5. The summed E-state index contributed by atoms with van der Waals surface area (Å²) in [6.45, 7) is 4.15. The van der Waals surface area contributed by atoms with Crippen LogP contribution in [0.25, 0.3) is 0 Å². The number of carbonyl (C=O) groups is 1. The average Bonchev–Trinajstić information content (AvgIpc) is 2.77. The Kier molecular flexibility index (Phi) is 4.42. The number of hydrogen-bond acceptors (Lipinski definition) is 3. The molecular weight excluding hydrogens is 264 g/mol. The van der Waals surface area contributed by atoms with Crippen molar-refractivity contribution in [2.45, 2.75) is 32.7 Å². The van der Waals surface area contributed by atoms with Crippen molar-refractivity contribution in [3.8, 4) is 0 Å². The third-order valence-corrected chi connectivity index (χ3v) is 4.21. The molecule has 1 atom stereocenters. The van der Waals surface area contributed by atoms with Gasteiger partial charge in [-0.05, 0) is 31.0 Å². The van der Waals surface area contributed by atoms with E-state index in [1.807, 2.05) is 13.0 Å². The van der Waals surface area contributed by atoms with Crippen molar-refractivity contribution in [2.75, 3.05) is 13.1 Å². The van der Waals surface area contributed by atoms with Crippen molar-refractivity contribution < 1.29 is 9.90 Å². The van der Waals surface area contributed by atoms with E-state index in [0.717, 1.165) is 31.4 Å². The molecule has 0 aliphatic carbocycles. The molecule has 1 fully saturated rings. The van der Waals surface area contributed by atoms with Gasteiger partial charge in [0.1, 0.15) is 0 Å². The molecule has 5 heteroatoms. The Morgan fingerprint density at radius 3 is 3.05 bits per heavy atom. The Labute approximate surface area is 118 Å². The first-order chi connectivity index (χ1) is 9.07. The summed E-state index contributed by atoms with van der Waals surface area (Å²) in [5, 5.41) is 10.1. The maximum absolute atomic E-state index is 11.5. The SMILES string of the molecule is CCCC1(C(=O)O)CCN(Cc2ccncc2Cl)C1. The minimum Gasteiger partial charge on any atom is -0.481 e. The van der Waals surface area contributed by atoms with Gasteiger partial charge in [0, 0.05) is 25.5 Å². The fraction of sp³-hybridized carbons (Fsp3) is 0.571. The predicted octanol–water partition coefficient (Wildman–Crippen LogP) is 2.81. The number of rotatable bonds is 5. The van der Waals surface area contributed by atoms with Gasteiger partial charge in [-0.2, -0.15) is 0 Å². The van der Waals surface area contributed by atoms with Crippen LogP contribution in [-0.4, -0.2) is 34.0 Å². The van der Waals surface area contributed by atoms with Gasteiger partial charge in [-0.15, -0.1) is 0 Å². The van der Waals surface area contributed by atoms with E-state index in [2.05, 4.69) is 9.88 Å². The standard InChI is InChI=1S/C14H19ClN2O2/c1-2-4-14(13(18)19)5-7-17(10-14)9-11-3-6-16-8-12(11)15/h3,6,8H,2,4-5,7,9-10H2,1H3,(H,18,19). The van der Waals surface area contributed by atoms with Crippen molar-refractivity contribution >= 4 is 17.6 Å². The average molecular weight is 283 g/mol. The molecule has 19 heavy (non-hydrogen) atoms. The van der Waals surface area contributed by atoms with E-state index in [1.165, 1.54) is 0 Å². The highest BCUT2D eigenvalue weighted by molar-refractivity contribution is 6.31. The van der Waals surface area contributed by atoms with E-state index in [-0.39, 0.29) is 0 Å². The number of carboxylic acids is 1. The molecule has 104 valence electrons. The van der Waals surface area contributed by atoms with Crippen LogP contribution in [0.1, 0.15) is 31.7 Å².